The lowest BCUT2D eigenvalue weighted by molar-refractivity contribution is 0.656. The molecule has 1 nitrogen and oxygen atoms in total. The van der Waals surface area contributed by atoms with Crippen molar-refractivity contribution in [3.63, 3.8) is 0 Å². The van der Waals surface area contributed by atoms with Crippen molar-refractivity contribution in [1.29, 1.82) is 0 Å². The molecule has 2 aliphatic carbocycles. The highest BCUT2D eigenvalue weighted by molar-refractivity contribution is 6.22. The van der Waals surface area contributed by atoms with Gasteiger partial charge in [0.1, 0.15) is 11.2 Å². The fraction of sp³-hybridized carbons (Fsp3) is 0.100. The zero-order chi connectivity index (χ0) is 40.8. The van der Waals surface area contributed by atoms with E-state index in [4.69, 9.17) is 4.42 Å². The fourth-order valence-electron chi connectivity index (χ4n) is 11.5. The van der Waals surface area contributed by atoms with E-state index in [-0.39, 0.29) is 10.8 Å². The molecule has 0 saturated carbocycles. The van der Waals surface area contributed by atoms with E-state index in [1.165, 1.54) is 121 Å². The number of furan rings is 1. The van der Waals surface area contributed by atoms with Crippen LogP contribution < -0.4 is 0 Å². The number of hydrogen-bond donors (Lipinski definition) is 0. The Bertz CT molecular complexity index is 3630. The quantitative estimate of drug-likeness (QED) is 0.163. The van der Waals surface area contributed by atoms with Gasteiger partial charge in [0.2, 0.25) is 0 Å². The third kappa shape index (κ3) is 4.67. The highest BCUT2D eigenvalue weighted by Gasteiger charge is 2.39. The summed E-state index contributed by atoms with van der Waals surface area (Å²) in [6, 6.07) is 67.9. The molecule has 288 valence electrons. The van der Waals surface area contributed by atoms with Crippen LogP contribution in [0.4, 0.5) is 0 Å². The molecule has 0 amide bonds. The van der Waals surface area contributed by atoms with Crippen LogP contribution in [0.1, 0.15) is 49.9 Å². The van der Waals surface area contributed by atoms with Gasteiger partial charge in [-0.2, -0.15) is 0 Å². The first-order chi connectivity index (χ1) is 29.8. The lowest BCUT2D eigenvalue weighted by Crippen LogP contribution is -2.15. The Morgan fingerprint density at radius 3 is 1.56 bits per heavy atom. The molecule has 0 atom stereocenters. The summed E-state index contributed by atoms with van der Waals surface area (Å²) in [6.07, 6.45) is 0. The zero-order valence-electron chi connectivity index (χ0n) is 34.7. The molecule has 1 heteroatoms. The van der Waals surface area contributed by atoms with E-state index in [2.05, 4.69) is 210 Å². The SMILES string of the molecule is CC1(C)c2cc(-c3ccc4c(c3)-c3ccc5ccc6c7ccccc7oc6c5c3C4(C)C)ccc2-c2ccc(-c3c4ccccc4c(-c4ccccc4)c4ccccc34)cc21. The zero-order valence-corrected chi connectivity index (χ0v) is 34.7. The molecule has 1 aromatic heterocycles. The third-order valence-corrected chi connectivity index (χ3v) is 14.4. The van der Waals surface area contributed by atoms with E-state index in [0.717, 1.165) is 11.2 Å². The van der Waals surface area contributed by atoms with Gasteiger partial charge in [0.05, 0.1) is 0 Å². The Balaban J connectivity index is 0.932. The molecular formula is C60H42O. The van der Waals surface area contributed by atoms with Gasteiger partial charge in [0, 0.05) is 27.0 Å². The average molecular weight is 779 g/mol. The summed E-state index contributed by atoms with van der Waals surface area (Å²) in [7, 11) is 0. The second kappa shape index (κ2) is 12.2. The minimum Gasteiger partial charge on any atom is -0.455 e. The Hall–Kier alpha value is -7.22. The second-order valence-electron chi connectivity index (χ2n) is 18.4. The standard InChI is InChI=1S/C60H42O/c1-59(2)51-33-38(37-26-31-50-49(32-37)47-29-22-36-23-30-48-42-16-12-13-21-53(42)61-58(48)56(36)57(47)60(50,3)4)24-27-40(51)41-28-25-39(34-52(41)59)55-45-19-10-8-17-43(45)54(35-14-6-5-7-15-35)44-18-9-11-20-46(44)55/h5-34H,1-4H3. The summed E-state index contributed by atoms with van der Waals surface area (Å²) in [5, 5.41) is 9.95. The maximum Gasteiger partial charge on any atom is 0.143 e. The first kappa shape index (κ1) is 34.6. The van der Waals surface area contributed by atoms with E-state index in [9.17, 15) is 0 Å². The molecule has 0 spiro atoms. The Kier molecular flexibility index (Phi) is 6.91. The van der Waals surface area contributed by atoms with Crippen LogP contribution in [0.3, 0.4) is 0 Å². The second-order valence-corrected chi connectivity index (χ2v) is 18.4. The van der Waals surface area contributed by atoms with Crippen LogP contribution in [0.25, 0.3) is 110 Å². The van der Waals surface area contributed by atoms with Crippen molar-refractivity contribution < 1.29 is 4.42 Å². The first-order valence-corrected chi connectivity index (χ1v) is 21.6. The van der Waals surface area contributed by atoms with Crippen molar-refractivity contribution in [2.24, 2.45) is 0 Å². The molecule has 1 heterocycles. The minimum absolute atomic E-state index is 0.186. The normalized spacial score (nSPS) is 14.5. The molecule has 0 bridgehead atoms. The predicted octanol–water partition coefficient (Wildman–Crippen LogP) is 16.7. The van der Waals surface area contributed by atoms with Crippen LogP contribution >= 0.6 is 0 Å². The van der Waals surface area contributed by atoms with Crippen molar-refractivity contribution in [2.45, 2.75) is 38.5 Å². The monoisotopic (exact) mass is 778 g/mol. The number of benzene rings is 10. The number of rotatable bonds is 3. The van der Waals surface area contributed by atoms with Gasteiger partial charge < -0.3 is 4.42 Å². The van der Waals surface area contributed by atoms with E-state index >= 15 is 0 Å². The van der Waals surface area contributed by atoms with E-state index < -0.39 is 0 Å². The van der Waals surface area contributed by atoms with Crippen LogP contribution in [-0.4, -0.2) is 0 Å². The summed E-state index contributed by atoms with van der Waals surface area (Å²) in [6.45, 7) is 9.58. The minimum atomic E-state index is -0.187. The molecule has 13 rings (SSSR count). The topological polar surface area (TPSA) is 13.1 Å². The van der Waals surface area contributed by atoms with Gasteiger partial charge in [-0.05, 0) is 135 Å². The van der Waals surface area contributed by atoms with E-state index in [1.54, 1.807) is 0 Å². The van der Waals surface area contributed by atoms with Crippen molar-refractivity contribution in [3.05, 3.63) is 204 Å². The van der Waals surface area contributed by atoms with Crippen LogP contribution in [0, 0.1) is 0 Å². The lowest BCUT2D eigenvalue weighted by Gasteiger charge is -2.24. The van der Waals surface area contributed by atoms with Crippen LogP contribution in [0.5, 0.6) is 0 Å². The maximum absolute atomic E-state index is 6.66. The molecule has 0 fully saturated rings. The molecule has 0 unspecified atom stereocenters. The van der Waals surface area contributed by atoms with Crippen molar-refractivity contribution in [1.82, 2.24) is 0 Å². The van der Waals surface area contributed by atoms with Gasteiger partial charge in [-0.1, -0.05) is 179 Å². The van der Waals surface area contributed by atoms with Crippen molar-refractivity contribution in [3.8, 4) is 55.6 Å². The highest BCUT2D eigenvalue weighted by Crippen LogP contribution is 2.55. The highest BCUT2D eigenvalue weighted by atomic mass is 16.3. The molecule has 0 saturated heterocycles. The van der Waals surface area contributed by atoms with E-state index in [0.29, 0.717) is 0 Å². The summed E-state index contributed by atoms with van der Waals surface area (Å²) >= 11 is 0. The molecule has 0 aliphatic heterocycles. The lowest BCUT2D eigenvalue weighted by atomic mass is 9.79. The summed E-state index contributed by atoms with van der Waals surface area (Å²) in [5.41, 5.74) is 19.9. The van der Waals surface area contributed by atoms with Gasteiger partial charge in [-0.25, -0.2) is 0 Å². The summed E-state index contributed by atoms with van der Waals surface area (Å²) < 4.78 is 6.66. The summed E-state index contributed by atoms with van der Waals surface area (Å²) in [5.74, 6) is 0. The number of hydrogen-bond acceptors (Lipinski definition) is 1. The Morgan fingerprint density at radius 1 is 0.344 bits per heavy atom. The fourth-order valence-corrected chi connectivity index (χ4v) is 11.5. The first-order valence-electron chi connectivity index (χ1n) is 21.6. The van der Waals surface area contributed by atoms with Gasteiger partial charge in [-0.15, -0.1) is 0 Å². The van der Waals surface area contributed by atoms with Crippen molar-refractivity contribution in [2.75, 3.05) is 0 Å². The number of fused-ring (bicyclic) bond motifs is 14. The predicted molar refractivity (Wildman–Crippen MR) is 258 cm³/mol. The molecule has 0 N–H and O–H groups in total. The molecular weight excluding hydrogens is 737 g/mol. The maximum atomic E-state index is 6.66. The van der Waals surface area contributed by atoms with Crippen LogP contribution in [-0.2, 0) is 10.8 Å². The average Bonchev–Trinajstić information content (AvgIpc) is 3.87. The molecule has 2 aliphatic rings. The largest absolute Gasteiger partial charge is 0.455 e. The number of para-hydroxylation sites is 1. The smallest absolute Gasteiger partial charge is 0.143 e. The molecule has 0 radical (unpaired) electrons. The Labute approximate surface area is 355 Å². The van der Waals surface area contributed by atoms with Crippen LogP contribution in [0.2, 0.25) is 0 Å². The molecule has 10 aromatic carbocycles. The molecule has 61 heavy (non-hydrogen) atoms. The van der Waals surface area contributed by atoms with Gasteiger partial charge in [0.15, 0.2) is 0 Å². The van der Waals surface area contributed by atoms with Crippen LogP contribution in [0.15, 0.2) is 186 Å². The van der Waals surface area contributed by atoms with Gasteiger partial charge >= 0.3 is 0 Å². The van der Waals surface area contributed by atoms with Gasteiger partial charge in [-0.3, -0.25) is 0 Å². The van der Waals surface area contributed by atoms with E-state index in [1.807, 2.05) is 0 Å². The van der Waals surface area contributed by atoms with Gasteiger partial charge in [0.25, 0.3) is 0 Å². The van der Waals surface area contributed by atoms with Crippen molar-refractivity contribution >= 4 is 54.3 Å². The molecule has 11 aromatic rings. The Morgan fingerprint density at radius 2 is 0.869 bits per heavy atom. The third-order valence-electron chi connectivity index (χ3n) is 14.4. The summed E-state index contributed by atoms with van der Waals surface area (Å²) in [4.78, 5) is 0.